The third-order valence-corrected chi connectivity index (χ3v) is 4.30. The van der Waals surface area contributed by atoms with Gasteiger partial charge in [0.25, 0.3) is 0 Å². The molecule has 0 N–H and O–H groups in total. The zero-order valence-corrected chi connectivity index (χ0v) is 12.0. The van der Waals surface area contributed by atoms with Gasteiger partial charge in [-0.05, 0) is 29.1 Å². The van der Waals surface area contributed by atoms with Crippen molar-refractivity contribution in [1.29, 1.82) is 0 Å². The summed E-state index contributed by atoms with van der Waals surface area (Å²) in [5.74, 6) is 0. The lowest BCUT2D eigenvalue weighted by Gasteiger charge is -2.32. The fourth-order valence-corrected chi connectivity index (χ4v) is 3.22. The second-order valence-corrected chi connectivity index (χ2v) is 6.01. The number of hydrogen-bond donors (Lipinski definition) is 0. The Balaban J connectivity index is 1.67. The van der Waals surface area contributed by atoms with E-state index in [1.165, 1.54) is 4.88 Å². The maximum atomic E-state index is 5.94. The van der Waals surface area contributed by atoms with E-state index in [9.17, 15) is 0 Å². The standard InChI is InChI=1S/C14H15ClN2OS/c15-14-8-11(3-4-16-14)13-10-17(5-6-18-13)9-12-2-1-7-19-12/h1-4,7-8,13H,5-6,9-10H2. The molecule has 1 aliphatic rings. The van der Waals surface area contributed by atoms with E-state index in [2.05, 4.69) is 27.4 Å². The predicted molar refractivity (Wildman–Crippen MR) is 77.5 cm³/mol. The van der Waals surface area contributed by atoms with Crippen LogP contribution >= 0.6 is 22.9 Å². The van der Waals surface area contributed by atoms with Crippen molar-refractivity contribution in [2.24, 2.45) is 0 Å². The van der Waals surface area contributed by atoms with Gasteiger partial charge in [0.05, 0.1) is 12.7 Å². The molecule has 1 saturated heterocycles. The first-order valence-corrected chi connectivity index (χ1v) is 7.55. The van der Waals surface area contributed by atoms with Crippen LogP contribution in [0.3, 0.4) is 0 Å². The first-order valence-electron chi connectivity index (χ1n) is 6.29. The third kappa shape index (κ3) is 3.34. The molecule has 0 bridgehead atoms. The van der Waals surface area contributed by atoms with Crippen LogP contribution in [0.15, 0.2) is 35.8 Å². The van der Waals surface area contributed by atoms with E-state index < -0.39 is 0 Å². The Morgan fingerprint density at radius 1 is 1.47 bits per heavy atom. The minimum absolute atomic E-state index is 0.0919. The van der Waals surface area contributed by atoms with Crippen molar-refractivity contribution in [3.05, 3.63) is 51.4 Å². The monoisotopic (exact) mass is 294 g/mol. The SMILES string of the molecule is Clc1cc(C2CN(Cc3cccs3)CCO2)ccn1. The highest BCUT2D eigenvalue weighted by atomic mass is 35.5. The van der Waals surface area contributed by atoms with E-state index in [0.29, 0.717) is 5.15 Å². The van der Waals surface area contributed by atoms with Gasteiger partial charge < -0.3 is 4.74 Å². The van der Waals surface area contributed by atoms with Crippen LogP contribution in [0.5, 0.6) is 0 Å². The van der Waals surface area contributed by atoms with Gasteiger partial charge in [-0.3, -0.25) is 4.90 Å². The van der Waals surface area contributed by atoms with Crippen molar-refractivity contribution in [3.8, 4) is 0 Å². The van der Waals surface area contributed by atoms with Gasteiger partial charge in [0.15, 0.2) is 0 Å². The van der Waals surface area contributed by atoms with Crippen LogP contribution in [-0.4, -0.2) is 29.6 Å². The Kier molecular flexibility index (Phi) is 4.13. The fraction of sp³-hybridized carbons (Fsp3) is 0.357. The van der Waals surface area contributed by atoms with E-state index in [-0.39, 0.29) is 6.10 Å². The van der Waals surface area contributed by atoms with Crippen LogP contribution in [0.2, 0.25) is 5.15 Å². The average molecular weight is 295 g/mol. The molecular formula is C14H15ClN2OS. The molecule has 0 spiro atoms. The molecule has 3 nitrogen and oxygen atoms in total. The topological polar surface area (TPSA) is 25.4 Å². The summed E-state index contributed by atoms with van der Waals surface area (Å²) in [6.45, 7) is 3.64. The molecule has 2 aromatic heterocycles. The molecule has 0 radical (unpaired) electrons. The number of hydrogen-bond acceptors (Lipinski definition) is 4. The van der Waals surface area contributed by atoms with E-state index in [4.69, 9.17) is 16.3 Å². The van der Waals surface area contributed by atoms with Crippen molar-refractivity contribution < 1.29 is 4.74 Å². The van der Waals surface area contributed by atoms with Crippen LogP contribution in [0.4, 0.5) is 0 Å². The molecule has 1 unspecified atom stereocenters. The van der Waals surface area contributed by atoms with Crippen LogP contribution < -0.4 is 0 Å². The summed E-state index contributed by atoms with van der Waals surface area (Å²) in [5, 5.41) is 2.65. The van der Waals surface area contributed by atoms with Crippen molar-refractivity contribution in [1.82, 2.24) is 9.88 Å². The second kappa shape index (κ2) is 6.01. The number of ether oxygens (including phenoxy) is 1. The number of morpholine rings is 1. The summed E-state index contributed by atoms with van der Waals surface area (Å²) >= 11 is 7.74. The van der Waals surface area contributed by atoms with Gasteiger partial charge in [-0.2, -0.15) is 0 Å². The molecule has 3 rings (SSSR count). The lowest BCUT2D eigenvalue weighted by Crippen LogP contribution is -2.37. The van der Waals surface area contributed by atoms with Gasteiger partial charge in [0.1, 0.15) is 5.15 Å². The molecule has 100 valence electrons. The number of rotatable bonds is 3. The van der Waals surface area contributed by atoms with Crippen LogP contribution in [0, 0.1) is 0 Å². The summed E-state index contributed by atoms with van der Waals surface area (Å²) in [4.78, 5) is 7.83. The number of aromatic nitrogens is 1. The van der Waals surface area contributed by atoms with Crippen molar-refractivity contribution in [3.63, 3.8) is 0 Å². The van der Waals surface area contributed by atoms with Crippen molar-refractivity contribution in [2.45, 2.75) is 12.6 Å². The first-order chi connectivity index (χ1) is 9.31. The number of pyridine rings is 1. The second-order valence-electron chi connectivity index (χ2n) is 4.59. The number of halogens is 1. The van der Waals surface area contributed by atoms with Gasteiger partial charge in [-0.25, -0.2) is 4.98 Å². The number of nitrogens with zero attached hydrogens (tertiary/aromatic N) is 2. The van der Waals surface area contributed by atoms with Gasteiger partial charge in [0, 0.05) is 30.7 Å². The highest BCUT2D eigenvalue weighted by molar-refractivity contribution is 7.09. The zero-order chi connectivity index (χ0) is 13.1. The lowest BCUT2D eigenvalue weighted by molar-refractivity contribution is -0.0326. The zero-order valence-electron chi connectivity index (χ0n) is 10.5. The normalized spacial score (nSPS) is 20.6. The Labute approximate surface area is 121 Å². The smallest absolute Gasteiger partial charge is 0.129 e. The Morgan fingerprint density at radius 2 is 2.42 bits per heavy atom. The van der Waals surface area contributed by atoms with Gasteiger partial charge in [0.2, 0.25) is 0 Å². The molecule has 0 aromatic carbocycles. The third-order valence-electron chi connectivity index (χ3n) is 3.23. The van der Waals surface area contributed by atoms with Gasteiger partial charge in [-0.15, -0.1) is 11.3 Å². The summed E-state index contributed by atoms with van der Waals surface area (Å²) in [7, 11) is 0. The van der Waals surface area contributed by atoms with Crippen LogP contribution in [0.1, 0.15) is 16.5 Å². The lowest BCUT2D eigenvalue weighted by atomic mass is 10.1. The molecule has 2 aromatic rings. The predicted octanol–water partition coefficient (Wildman–Crippen LogP) is 3.37. The summed E-state index contributed by atoms with van der Waals surface area (Å²) in [5.41, 5.74) is 1.11. The summed E-state index contributed by atoms with van der Waals surface area (Å²) < 4.78 is 5.84. The highest BCUT2D eigenvalue weighted by Crippen LogP contribution is 2.25. The molecular weight excluding hydrogens is 280 g/mol. The molecule has 0 aliphatic carbocycles. The Hall–Kier alpha value is -0.940. The van der Waals surface area contributed by atoms with E-state index in [1.807, 2.05) is 12.1 Å². The molecule has 1 atom stereocenters. The average Bonchev–Trinajstić information content (AvgIpc) is 2.92. The quantitative estimate of drug-likeness (QED) is 0.812. The van der Waals surface area contributed by atoms with Crippen LogP contribution in [-0.2, 0) is 11.3 Å². The Morgan fingerprint density at radius 3 is 3.21 bits per heavy atom. The van der Waals surface area contributed by atoms with E-state index in [1.54, 1.807) is 17.5 Å². The summed E-state index contributed by atoms with van der Waals surface area (Å²) in [6.07, 6.45) is 1.83. The molecule has 0 saturated carbocycles. The molecule has 5 heteroatoms. The maximum absolute atomic E-state index is 5.94. The van der Waals surface area contributed by atoms with Crippen LogP contribution in [0.25, 0.3) is 0 Å². The minimum Gasteiger partial charge on any atom is -0.371 e. The van der Waals surface area contributed by atoms with Gasteiger partial charge in [-0.1, -0.05) is 17.7 Å². The molecule has 0 amide bonds. The van der Waals surface area contributed by atoms with Crippen molar-refractivity contribution >= 4 is 22.9 Å². The Bertz CT molecular complexity index is 532. The largest absolute Gasteiger partial charge is 0.371 e. The van der Waals surface area contributed by atoms with Gasteiger partial charge >= 0.3 is 0 Å². The highest BCUT2D eigenvalue weighted by Gasteiger charge is 2.22. The minimum atomic E-state index is 0.0919. The maximum Gasteiger partial charge on any atom is 0.129 e. The summed E-state index contributed by atoms with van der Waals surface area (Å²) in [6, 6.07) is 8.14. The molecule has 19 heavy (non-hydrogen) atoms. The van der Waals surface area contributed by atoms with E-state index >= 15 is 0 Å². The molecule has 1 aliphatic heterocycles. The first kappa shape index (κ1) is 13.1. The molecule has 3 heterocycles. The van der Waals surface area contributed by atoms with E-state index in [0.717, 1.165) is 31.8 Å². The van der Waals surface area contributed by atoms with Crippen molar-refractivity contribution in [2.75, 3.05) is 19.7 Å². The fourth-order valence-electron chi connectivity index (χ4n) is 2.29. The number of thiophene rings is 1. The molecule has 1 fully saturated rings.